The first kappa shape index (κ1) is 12.5. The second kappa shape index (κ2) is 5.22. The van der Waals surface area contributed by atoms with Crippen LogP contribution in [0.25, 0.3) is 0 Å². The lowest BCUT2D eigenvalue weighted by Crippen LogP contribution is -2.36. The zero-order chi connectivity index (χ0) is 12.5. The van der Waals surface area contributed by atoms with Crippen LogP contribution < -0.4 is 10.5 Å². The molecule has 2 atom stereocenters. The van der Waals surface area contributed by atoms with Gasteiger partial charge in [-0.25, -0.2) is 0 Å². The minimum Gasteiger partial charge on any atom is -0.490 e. The highest BCUT2D eigenvalue weighted by Gasteiger charge is 2.32. The van der Waals surface area contributed by atoms with Gasteiger partial charge in [-0.15, -0.1) is 0 Å². The van der Waals surface area contributed by atoms with Gasteiger partial charge in [0.15, 0.2) is 0 Å². The van der Waals surface area contributed by atoms with Gasteiger partial charge in [-0.3, -0.25) is 0 Å². The van der Waals surface area contributed by atoms with Crippen LogP contribution in [0.5, 0.6) is 5.75 Å². The molecule has 0 aromatic heterocycles. The molecule has 1 aliphatic heterocycles. The molecule has 3 heteroatoms. The Balaban J connectivity index is 1.80. The molecule has 0 amide bonds. The summed E-state index contributed by atoms with van der Waals surface area (Å²) < 4.78 is 7.28. The Labute approximate surface area is 117 Å². The summed E-state index contributed by atoms with van der Waals surface area (Å²) in [4.78, 5) is 0. The van der Waals surface area contributed by atoms with Crippen molar-refractivity contribution in [3.05, 3.63) is 28.2 Å². The van der Waals surface area contributed by atoms with E-state index in [9.17, 15) is 0 Å². The van der Waals surface area contributed by atoms with Gasteiger partial charge >= 0.3 is 0 Å². The van der Waals surface area contributed by atoms with Gasteiger partial charge in [0.25, 0.3) is 0 Å². The number of hydrogen-bond donors (Lipinski definition) is 1. The summed E-state index contributed by atoms with van der Waals surface area (Å²) in [5, 5.41) is 0. The first-order chi connectivity index (χ1) is 8.74. The first-order valence-corrected chi connectivity index (χ1v) is 7.75. The Bertz CT molecular complexity index is 429. The molecule has 1 heterocycles. The third-order valence-corrected chi connectivity index (χ3v) is 4.80. The van der Waals surface area contributed by atoms with Crippen LogP contribution in [0.2, 0.25) is 0 Å². The molecule has 1 fully saturated rings. The minimum absolute atomic E-state index is 0.123. The lowest BCUT2D eigenvalue weighted by molar-refractivity contribution is 0.0784. The average Bonchev–Trinajstić information content (AvgIpc) is 2.40. The number of fused-ring (bicyclic) bond motifs is 1. The van der Waals surface area contributed by atoms with Crippen LogP contribution in [0.1, 0.15) is 50.1 Å². The van der Waals surface area contributed by atoms with E-state index in [-0.39, 0.29) is 6.04 Å². The van der Waals surface area contributed by atoms with Crippen LogP contribution in [-0.2, 0) is 0 Å². The first-order valence-electron chi connectivity index (χ1n) is 6.96. The summed E-state index contributed by atoms with van der Waals surface area (Å²) in [6.45, 7) is 0. The summed E-state index contributed by atoms with van der Waals surface area (Å²) in [6.07, 6.45) is 8.01. The van der Waals surface area contributed by atoms with Gasteiger partial charge in [0, 0.05) is 22.5 Å². The second-order valence-corrected chi connectivity index (χ2v) is 6.49. The smallest absolute Gasteiger partial charge is 0.124 e. The molecule has 0 bridgehead atoms. The molecule has 2 nitrogen and oxygen atoms in total. The number of benzene rings is 1. The van der Waals surface area contributed by atoms with Crippen molar-refractivity contribution >= 4 is 15.9 Å². The normalized spacial score (nSPS) is 28.6. The van der Waals surface area contributed by atoms with E-state index >= 15 is 0 Å². The Kier molecular flexibility index (Phi) is 3.62. The van der Waals surface area contributed by atoms with Gasteiger partial charge in [0.05, 0.1) is 0 Å². The lowest BCUT2D eigenvalue weighted by atomic mass is 9.81. The number of rotatable bonds is 1. The fourth-order valence-electron chi connectivity index (χ4n) is 3.30. The van der Waals surface area contributed by atoms with Crippen molar-refractivity contribution in [1.29, 1.82) is 0 Å². The van der Waals surface area contributed by atoms with Crippen LogP contribution in [0.3, 0.4) is 0 Å². The van der Waals surface area contributed by atoms with Crippen LogP contribution in [0, 0.1) is 5.92 Å². The number of nitrogens with two attached hydrogens (primary N) is 1. The van der Waals surface area contributed by atoms with E-state index in [1.807, 2.05) is 12.1 Å². The Morgan fingerprint density at radius 1 is 1.17 bits per heavy atom. The zero-order valence-electron chi connectivity index (χ0n) is 10.6. The zero-order valence-corrected chi connectivity index (χ0v) is 12.2. The van der Waals surface area contributed by atoms with Crippen molar-refractivity contribution in [1.82, 2.24) is 0 Å². The maximum Gasteiger partial charge on any atom is 0.124 e. The second-order valence-electron chi connectivity index (χ2n) is 5.58. The molecule has 0 saturated heterocycles. The molecule has 1 aromatic carbocycles. The minimum atomic E-state index is 0.123. The fourth-order valence-corrected chi connectivity index (χ4v) is 3.68. The highest BCUT2D eigenvalue weighted by atomic mass is 79.9. The van der Waals surface area contributed by atoms with Gasteiger partial charge in [0.1, 0.15) is 11.9 Å². The van der Waals surface area contributed by atoms with Crippen molar-refractivity contribution < 1.29 is 4.74 Å². The number of halogens is 1. The van der Waals surface area contributed by atoms with Crippen molar-refractivity contribution in [3.8, 4) is 5.75 Å². The average molecular weight is 310 g/mol. The van der Waals surface area contributed by atoms with Gasteiger partial charge in [-0.05, 0) is 37.0 Å². The standard InChI is InChI=1S/C15H20BrNO/c16-11-6-7-14-12(8-11)13(17)9-15(18-14)10-4-2-1-3-5-10/h6-8,10,13,15H,1-5,9,17H2/t13-,15?/m1/s1. The number of hydrogen-bond acceptors (Lipinski definition) is 2. The Morgan fingerprint density at radius 2 is 1.94 bits per heavy atom. The molecular weight excluding hydrogens is 290 g/mol. The highest BCUT2D eigenvalue weighted by molar-refractivity contribution is 9.10. The molecule has 1 saturated carbocycles. The topological polar surface area (TPSA) is 35.2 Å². The molecule has 1 aromatic rings. The quantitative estimate of drug-likeness (QED) is 0.844. The molecule has 0 radical (unpaired) electrons. The summed E-state index contributed by atoms with van der Waals surface area (Å²) in [5.41, 5.74) is 7.46. The summed E-state index contributed by atoms with van der Waals surface area (Å²) >= 11 is 3.50. The van der Waals surface area contributed by atoms with Gasteiger partial charge in [-0.2, -0.15) is 0 Å². The third-order valence-electron chi connectivity index (χ3n) is 4.31. The third kappa shape index (κ3) is 2.43. The SMILES string of the molecule is N[C@@H]1CC(C2CCCCC2)Oc2ccc(Br)cc21. The van der Waals surface area contributed by atoms with Crippen molar-refractivity contribution in [2.75, 3.05) is 0 Å². The maximum atomic E-state index is 6.31. The van der Waals surface area contributed by atoms with E-state index in [2.05, 4.69) is 22.0 Å². The van der Waals surface area contributed by atoms with E-state index in [4.69, 9.17) is 10.5 Å². The van der Waals surface area contributed by atoms with Crippen molar-refractivity contribution in [2.24, 2.45) is 11.7 Å². The Hall–Kier alpha value is -0.540. The van der Waals surface area contributed by atoms with E-state index in [1.54, 1.807) is 0 Å². The molecule has 98 valence electrons. The molecule has 0 spiro atoms. The fraction of sp³-hybridized carbons (Fsp3) is 0.600. The maximum absolute atomic E-state index is 6.31. The molecule has 2 N–H and O–H groups in total. The van der Waals surface area contributed by atoms with Gasteiger partial charge < -0.3 is 10.5 Å². The van der Waals surface area contributed by atoms with Crippen LogP contribution >= 0.6 is 15.9 Å². The van der Waals surface area contributed by atoms with Crippen LogP contribution in [0.4, 0.5) is 0 Å². The van der Waals surface area contributed by atoms with Crippen LogP contribution in [-0.4, -0.2) is 6.10 Å². The molecule has 3 rings (SSSR count). The van der Waals surface area contributed by atoms with E-state index in [0.717, 1.165) is 22.2 Å². The Morgan fingerprint density at radius 3 is 2.72 bits per heavy atom. The summed E-state index contributed by atoms with van der Waals surface area (Å²) in [5.74, 6) is 1.70. The molecule has 18 heavy (non-hydrogen) atoms. The van der Waals surface area contributed by atoms with Crippen LogP contribution in [0.15, 0.2) is 22.7 Å². The van der Waals surface area contributed by atoms with Crippen molar-refractivity contribution in [3.63, 3.8) is 0 Å². The predicted molar refractivity (Wildman–Crippen MR) is 76.7 cm³/mol. The van der Waals surface area contributed by atoms with Gasteiger partial charge in [0.2, 0.25) is 0 Å². The highest BCUT2D eigenvalue weighted by Crippen LogP contribution is 2.40. The van der Waals surface area contributed by atoms with Crippen molar-refractivity contribution in [2.45, 2.75) is 50.7 Å². The monoisotopic (exact) mass is 309 g/mol. The lowest BCUT2D eigenvalue weighted by Gasteiger charge is -2.36. The number of ether oxygens (including phenoxy) is 1. The summed E-state index contributed by atoms with van der Waals surface area (Å²) in [7, 11) is 0. The van der Waals surface area contributed by atoms with E-state index in [0.29, 0.717) is 12.0 Å². The molecule has 1 unspecified atom stereocenters. The summed E-state index contributed by atoms with van der Waals surface area (Å²) in [6, 6.07) is 6.30. The molecular formula is C15H20BrNO. The molecule has 1 aliphatic carbocycles. The van der Waals surface area contributed by atoms with E-state index in [1.165, 1.54) is 32.1 Å². The predicted octanol–water partition coefficient (Wildman–Crippen LogP) is 4.18. The largest absolute Gasteiger partial charge is 0.490 e. The molecule has 2 aliphatic rings. The van der Waals surface area contributed by atoms with Gasteiger partial charge in [-0.1, -0.05) is 35.2 Å². The van der Waals surface area contributed by atoms with E-state index < -0.39 is 0 Å².